The van der Waals surface area contributed by atoms with Crippen LogP contribution in [0.3, 0.4) is 0 Å². The Hall–Kier alpha value is -1.97. The highest BCUT2D eigenvalue weighted by molar-refractivity contribution is 5.87. The number of hydrogen-bond donors (Lipinski definition) is 3. The van der Waals surface area contributed by atoms with Crippen LogP contribution in [-0.4, -0.2) is 87.3 Å². The van der Waals surface area contributed by atoms with Gasteiger partial charge in [0, 0.05) is 46.3 Å². The summed E-state index contributed by atoms with van der Waals surface area (Å²) in [6.07, 6.45) is 1.73. The number of aryl methyl sites for hydroxylation is 1. The van der Waals surface area contributed by atoms with Crippen LogP contribution in [0.25, 0.3) is 11.0 Å². The minimum atomic E-state index is 0.0426. The van der Waals surface area contributed by atoms with E-state index >= 15 is 0 Å². The van der Waals surface area contributed by atoms with Gasteiger partial charge in [0.25, 0.3) is 0 Å². The fraction of sp³-hybridized carbons (Fsp3) is 0.643. The van der Waals surface area contributed by atoms with Gasteiger partial charge in [-0.05, 0) is 0 Å². The predicted molar refractivity (Wildman–Crippen MR) is 87.6 cm³/mol. The van der Waals surface area contributed by atoms with Crippen LogP contribution < -0.4 is 10.2 Å². The first-order chi connectivity index (χ1) is 11.2. The van der Waals surface area contributed by atoms with E-state index < -0.39 is 0 Å². The van der Waals surface area contributed by atoms with Crippen molar-refractivity contribution in [1.29, 1.82) is 0 Å². The van der Waals surface area contributed by atoms with Crippen molar-refractivity contribution in [2.75, 3.05) is 62.7 Å². The quantitative estimate of drug-likeness (QED) is 0.615. The lowest BCUT2D eigenvalue weighted by molar-refractivity contribution is 0.188. The van der Waals surface area contributed by atoms with E-state index in [0.717, 1.165) is 37.2 Å². The van der Waals surface area contributed by atoms with E-state index in [-0.39, 0.29) is 13.2 Å². The van der Waals surface area contributed by atoms with Gasteiger partial charge in [-0.2, -0.15) is 15.1 Å². The average molecular weight is 321 g/mol. The standard InChI is InChI=1S/C14H23N7O2/c1-19-13-11(10-16-19)12(15-2-8-22)17-14(18-13)21-5-3-20(4-6-21)7-9-23/h10,22-23H,2-9H2,1H3,(H,15,17,18). The molecule has 1 fully saturated rings. The van der Waals surface area contributed by atoms with Crippen LogP contribution in [0, 0.1) is 0 Å². The first-order valence-electron chi connectivity index (χ1n) is 7.85. The Labute approximate surface area is 134 Å². The number of anilines is 2. The Morgan fingerprint density at radius 1 is 1.13 bits per heavy atom. The lowest BCUT2D eigenvalue weighted by atomic mass is 10.3. The molecule has 2 aromatic heterocycles. The lowest BCUT2D eigenvalue weighted by Crippen LogP contribution is -2.47. The number of piperazine rings is 1. The third-order valence-electron chi connectivity index (χ3n) is 4.06. The maximum absolute atomic E-state index is 9.04. The van der Waals surface area contributed by atoms with Crippen molar-refractivity contribution in [2.24, 2.45) is 7.05 Å². The maximum atomic E-state index is 9.04. The van der Waals surface area contributed by atoms with Crippen molar-refractivity contribution in [3.63, 3.8) is 0 Å². The molecule has 0 radical (unpaired) electrons. The Kier molecular flexibility index (Phi) is 4.89. The number of aromatic nitrogens is 4. The SMILES string of the molecule is Cn1ncc2c(NCCO)nc(N3CCN(CCO)CC3)nc21. The first kappa shape index (κ1) is 15.9. The van der Waals surface area contributed by atoms with Gasteiger partial charge in [0.05, 0.1) is 24.8 Å². The number of rotatable bonds is 6. The van der Waals surface area contributed by atoms with Crippen molar-refractivity contribution in [2.45, 2.75) is 0 Å². The van der Waals surface area contributed by atoms with Gasteiger partial charge in [0.1, 0.15) is 5.82 Å². The molecule has 2 aromatic rings. The Bertz CT molecular complexity index is 652. The van der Waals surface area contributed by atoms with Crippen LogP contribution >= 0.6 is 0 Å². The Morgan fingerprint density at radius 3 is 2.61 bits per heavy atom. The summed E-state index contributed by atoms with van der Waals surface area (Å²) >= 11 is 0. The van der Waals surface area contributed by atoms with Crippen molar-refractivity contribution in [3.8, 4) is 0 Å². The maximum Gasteiger partial charge on any atom is 0.229 e. The molecule has 1 saturated heterocycles. The zero-order chi connectivity index (χ0) is 16.2. The number of nitrogens with zero attached hydrogens (tertiary/aromatic N) is 6. The molecule has 0 aromatic carbocycles. The third-order valence-corrected chi connectivity index (χ3v) is 4.06. The summed E-state index contributed by atoms with van der Waals surface area (Å²) in [4.78, 5) is 13.6. The van der Waals surface area contributed by atoms with E-state index in [1.165, 1.54) is 0 Å². The smallest absolute Gasteiger partial charge is 0.229 e. The fourth-order valence-corrected chi connectivity index (χ4v) is 2.77. The summed E-state index contributed by atoms with van der Waals surface area (Å²) in [7, 11) is 1.86. The molecule has 3 heterocycles. The van der Waals surface area contributed by atoms with Gasteiger partial charge in [0.2, 0.25) is 5.95 Å². The van der Waals surface area contributed by atoms with E-state index in [1.54, 1.807) is 10.9 Å². The molecule has 0 aliphatic carbocycles. The molecule has 9 heteroatoms. The van der Waals surface area contributed by atoms with E-state index in [9.17, 15) is 0 Å². The molecular weight excluding hydrogens is 298 g/mol. The molecule has 0 atom stereocenters. The third kappa shape index (κ3) is 3.36. The van der Waals surface area contributed by atoms with Gasteiger partial charge >= 0.3 is 0 Å². The summed E-state index contributed by atoms with van der Waals surface area (Å²) in [5.74, 6) is 1.37. The molecular formula is C14H23N7O2. The van der Waals surface area contributed by atoms with Crippen LogP contribution in [0.5, 0.6) is 0 Å². The number of aliphatic hydroxyl groups excluding tert-OH is 2. The Morgan fingerprint density at radius 2 is 1.91 bits per heavy atom. The summed E-state index contributed by atoms with van der Waals surface area (Å²) in [6, 6.07) is 0. The number of nitrogens with one attached hydrogen (secondary N) is 1. The molecule has 1 aliphatic rings. The molecule has 1 aliphatic heterocycles. The fourth-order valence-electron chi connectivity index (χ4n) is 2.77. The largest absolute Gasteiger partial charge is 0.395 e. The van der Waals surface area contributed by atoms with Crippen LogP contribution in [0.1, 0.15) is 0 Å². The van der Waals surface area contributed by atoms with E-state index in [2.05, 4.69) is 30.2 Å². The molecule has 0 bridgehead atoms. The average Bonchev–Trinajstić information content (AvgIpc) is 2.95. The zero-order valence-electron chi connectivity index (χ0n) is 13.3. The highest BCUT2D eigenvalue weighted by atomic mass is 16.3. The molecule has 0 amide bonds. The highest BCUT2D eigenvalue weighted by Crippen LogP contribution is 2.23. The number of β-amino-alcohol motifs (C(OH)–C–C–N with tert-alkyl or cyclic N) is 1. The van der Waals surface area contributed by atoms with Gasteiger partial charge in [0.15, 0.2) is 5.65 Å². The topological polar surface area (TPSA) is 103 Å². The monoisotopic (exact) mass is 321 g/mol. The lowest BCUT2D eigenvalue weighted by Gasteiger charge is -2.34. The van der Waals surface area contributed by atoms with Gasteiger partial charge in [-0.15, -0.1) is 0 Å². The number of hydrogen-bond acceptors (Lipinski definition) is 8. The van der Waals surface area contributed by atoms with Crippen molar-refractivity contribution in [1.82, 2.24) is 24.6 Å². The highest BCUT2D eigenvalue weighted by Gasteiger charge is 2.21. The second-order valence-electron chi connectivity index (χ2n) is 5.58. The second-order valence-corrected chi connectivity index (χ2v) is 5.58. The molecule has 0 unspecified atom stereocenters. The van der Waals surface area contributed by atoms with E-state index in [1.807, 2.05) is 7.05 Å². The Balaban J connectivity index is 1.84. The van der Waals surface area contributed by atoms with Gasteiger partial charge in [-0.3, -0.25) is 9.58 Å². The van der Waals surface area contributed by atoms with Crippen molar-refractivity contribution >= 4 is 22.8 Å². The summed E-state index contributed by atoms with van der Waals surface area (Å²) in [5.41, 5.74) is 0.772. The minimum absolute atomic E-state index is 0.0426. The van der Waals surface area contributed by atoms with Crippen LogP contribution in [0.15, 0.2) is 6.20 Å². The predicted octanol–water partition coefficient (Wildman–Crippen LogP) is -1.12. The molecule has 126 valence electrons. The van der Waals surface area contributed by atoms with E-state index in [4.69, 9.17) is 10.2 Å². The minimum Gasteiger partial charge on any atom is -0.395 e. The molecule has 3 N–H and O–H groups in total. The van der Waals surface area contributed by atoms with Crippen molar-refractivity contribution in [3.05, 3.63) is 6.20 Å². The summed E-state index contributed by atoms with van der Waals surface area (Å²) in [6.45, 7) is 4.78. The number of aliphatic hydroxyl groups is 2. The van der Waals surface area contributed by atoms with Crippen molar-refractivity contribution < 1.29 is 10.2 Å². The molecule has 3 rings (SSSR count). The van der Waals surface area contributed by atoms with Crippen LogP contribution in [0.2, 0.25) is 0 Å². The second kappa shape index (κ2) is 7.07. The summed E-state index contributed by atoms with van der Waals surface area (Å²) in [5, 5.41) is 26.3. The van der Waals surface area contributed by atoms with Gasteiger partial charge in [-0.1, -0.05) is 0 Å². The van der Waals surface area contributed by atoms with Crippen LogP contribution in [0.4, 0.5) is 11.8 Å². The van der Waals surface area contributed by atoms with Crippen LogP contribution in [-0.2, 0) is 7.05 Å². The molecule has 0 spiro atoms. The zero-order valence-corrected chi connectivity index (χ0v) is 13.3. The van der Waals surface area contributed by atoms with Gasteiger partial charge < -0.3 is 20.4 Å². The molecule has 9 nitrogen and oxygen atoms in total. The summed E-state index contributed by atoms with van der Waals surface area (Å²) < 4.78 is 1.73. The molecule has 23 heavy (non-hydrogen) atoms. The van der Waals surface area contributed by atoms with Gasteiger partial charge in [-0.25, -0.2) is 0 Å². The first-order valence-corrected chi connectivity index (χ1v) is 7.85. The molecule has 0 saturated carbocycles. The normalized spacial score (nSPS) is 16.2. The van der Waals surface area contributed by atoms with E-state index in [0.29, 0.717) is 24.9 Å². The number of fused-ring (bicyclic) bond motifs is 1.